The lowest BCUT2D eigenvalue weighted by molar-refractivity contribution is -0.243. The van der Waals surface area contributed by atoms with E-state index in [9.17, 15) is 18.0 Å². The van der Waals surface area contributed by atoms with Gasteiger partial charge in [-0.2, -0.15) is 13.2 Å². The molecule has 0 bridgehead atoms. The van der Waals surface area contributed by atoms with E-state index < -0.39 is 12.1 Å². The number of hydrogen-bond acceptors (Lipinski definition) is 4. The van der Waals surface area contributed by atoms with Gasteiger partial charge in [0.15, 0.2) is 0 Å². The first-order chi connectivity index (χ1) is 9.86. The van der Waals surface area contributed by atoms with Crippen LogP contribution in [0.3, 0.4) is 0 Å². The maximum Gasteiger partial charge on any atom is 0.492 e. The summed E-state index contributed by atoms with van der Waals surface area (Å²) >= 11 is 3.36. The molecule has 1 aliphatic heterocycles. The van der Waals surface area contributed by atoms with Gasteiger partial charge < -0.3 is 9.57 Å². The van der Waals surface area contributed by atoms with Crippen molar-refractivity contribution in [1.82, 2.24) is 5.06 Å². The van der Waals surface area contributed by atoms with Gasteiger partial charge in [-0.1, -0.05) is 12.1 Å². The average Bonchev–Trinajstić information content (AvgIpc) is 2.42. The van der Waals surface area contributed by atoms with Gasteiger partial charge in [0, 0.05) is 25.9 Å². The first kappa shape index (κ1) is 16.1. The van der Waals surface area contributed by atoms with E-state index in [-0.39, 0.29) is 19.2 Å². The summed E-state index contributed by atoms with van der Waals surface area (Å²) in [5.41, 5.74) is 0. The molecule has 0 atom stereocenters. The van der Waals surface area contributed by atoms with E-state index >= 15 is 0 Å². The van der Waals surface area contributed by atoms with Crippen LogP contribution in [0.4, 0.5) is 13.2 Å². The Bertz CT molecular complexity index is 502. The van der Waals surface area contributed by atoms with Crippen molar-refractivity contribution in [3.63, 3.8) is 0 Å². The number of carbonyl (C=O) groups excluding carboxylic acids is 1. The molecule has 0 amide bonds. The zero-order chi connectivity index (χ0) is 15.5. The highest BCUT2D eigenvalue weighted by Gasteiger charge is 2.43. The number of benzene rings is 1. The Morgan fingerprint density at radius 2 is 1.86 bits per heavy atom. The van der Waals surface area contributed by atoms with Crippen LogP contribution in [0.1, 0.15) is 12.8 Å². The van der Waals surface area contributed by atoms with Crippen LogP contribution in [-0.4, -0.2) is 36.4 Å². The molecule has 1 saturated heterocycles. The molecule has 8 heteroatoms. The van der Waals surface area contributed by atoms with Gasteiger partial charge in [0.25, 0.3) is 0 Å². The quantitative estimate of drug-likeness (QED) is 0.821. The average molecular weight is 368 g/mol. The molecule has 0 aromatic heterocycles. The minimum absolute atomic E-state index is 0.121. The first-order valence-corrected chi connectivity index (χ1v) is 7.11. The standard InChI is InChI=1S/C13H13BrF3NO3/c14-10-3-1-2-4-11(10)20-9-5-7-18(8-6-9)21-12(19)13(15,16)17/h1-4,9H,5-8H2. The Kier molecular flexibility index (Phi) is 5.10. The van der Waals surface area contributed by atoms with Crippen LogP contribution in [0.2, 0.25) is 0 Å². The zero-order valence-electron chi connectivity index (χ0n) is 10.9. The molecule has 1 heterocycles. The van der Waals surface area contributed by atoms with Crippen molar-refractivity contribution in [3.8, 4) is 5.75 Å². The summed E-state index contributed by atoms with van der Waals surface area (Å²) in [6, 6.07) is 7.34. The fourth-order valence-electron chi connectivity index (χ4n) is 1.93. The maximum atomic E-state index is 12.1. The number of piperidine rings is 1. The van der Waals surface area contributed by atoms with Crippen molar-refractivity contribution in [3.05, 3.63) is 28.7 Å². The van der Waals surface area contributed by atoms with Crippen LogP contribution < -0.4 is 4.74 Å². The van der Waals surface area contributed by atoms with Gasteiger partial charge >= 0.3 is 12.1 Å². The lowest BCUT2D eigenvalue weighted by Crippen LogP contribution is -2.42. The highest BCUT2D eigenvalue weighted by atomic mass is 79.9. The van der Waals surface area contributed by atoms with Crippen LogP contribution in [0.5, 0.6) is 5.75 Å². The van der Waals surface area contributed by atoms with E-state index in [1.165, 1.54) is 0 Å². The van der Waals surface area contributed by atoms with E-state index in [1.807, 2.05) is 18.2 Å². The summed E-state index contributed by atoms with van der Waals surface area (Å²) in [7, 11) is 0. The summed E-state index contributed by atoms with van der Waals surface area (Å²) in [6.45, 7) is 0.411. The summed E-state index contributed by atoms with van der Waals surface area (Å²) in [5, 5.41) is 1.02. The van der Waals surface area contributed by atoms with E-state index in [0.717, 1.165) is 9.54 Å². The number of ether oxygens (including phenoxy) is 1. The molecule has 0 N–H and O–H groups in total. The summed E-state index contributed by atoms with van der Waals surface area (Å²) in [6.07, 6.45) is -4.13. The van der Waals surface area contributed by atoms with Crippen LogP contribution in [0.15, 0.2) is 28.7 Å². The Balaban J connectivity index is 1.81. The third-order valence-electron chi connectivity index (χ3n) is 2.97. The molecule has 0 radical (unpaired) electrons. The predicted molar refractivity (Wildman–Crippen MR) is 71.5 cm³/mol. The normalized spacial score (nSPS) is 17.5. The molecule has 1 aliphatic rings. The van der Waals surface area contributed by atoms with Crippen LogP contribution in [0, 0.1) is 0 Å². The van der Waals surface area contributed by atoms with Crippen LogP contribution >= 0.6 is 15.9 Å². The third kappa shape index (κ3) is 4.60. The number of halogens is 4. The van der Waals surface area contributed by atoms with E-state index in [2.05, 4.69) is 20.8 Å². The molecule has 1 fully saturated rings. The molecule has 21 heavy (non-hydrogen) atoms. The Labute approximate surface area is 127 Å². The smallest absolute Gasteiger partial charge is 0.489 e. The van der Waals surface area contributed by atoms with Crippen molar-refractivity contribution in [2.45, 2.75) is 25.1 Å². The summed E-state index contributed by atoms with van der Waals surface area (Å²) < 4.78 is 42.8. The van der Waals surface area contributed by atoms with Gasteiger partial charge in [0.2, 0.25) is 0 Å². The number of rotatable bonds is 3. The lowest BCUT2D eigenvalue weighted by atomic mass is 10.1. The van der Waals surface area contributed by atoms with Gasteiger partial charge in [-0.3, -0.25) is 0 Å². The summed E-state index contributed by atoms with van der Waals surface area (Å²) in [4.78, 5) is 15.0. The SMILES string of the molecule is O=C(ON1CCC(Oc2ccccc2Br)CC1)C(F)(F)F. The molecule has 0 spiro atoms. The summed E-state index contributed by atoms with van der Waals surface area (Å²) in [5.74, 6) is -1.50. The molecule has 1 aromatic rings. The monoisotopic (exact) mass is 367 g/mol. The number of para-hydroxylation sites is 1. The van der Waals surface area contributed by atoms with Crippen molar-refractivity contribution in [1.29, 1.82) is 0 Å². The van der Waals surface area contributed by atoms with Gasteiger partial charge in [0.1, 0.15) is 11.9 Å². The Morgan fingerprint density at radius 1 is 1.24 bits per heavy atom. The number of alkyl halides is 3. The molecular formula is C13H13BrF3NO3. The third-order valence-corrected chi connectivity index (χ3v) is 3.63. The molecular weight excluding hydrogens is 355 g/mol. The molecule has 4 nitrogen and oxygen atoms in total. The van der Waals surface area contributed by atoms with Crippen molar-refractivity contribution in [2.24, 2.45) is 0 Å². The molecule has 116 valence electrons. The lowest BCUT2D eigenvalue weighted by Gasteiger charge is -2.30. The molecule has 2 rings (SSSR count). The zero-order valence-corrected chi connectivity index (χ0v) is 12.5. The second-order valence-electron chi connectivity index (χ2n) is 4.55. The van der Waals surface area contributed by atoms with E-state index in [0.29, 0.717) is 18.6 Å². The minimum Gasteiger partial charge on any atom is -0.489 e. The largest absolute Gasteiger partial charge is 0.492 e. The van der Waals surface area contributed by atoms with E-state index in [4.69, 9.17) is 4.74 Å². The van der Waals surface area contributed by atoms with Crippen molar-refractivity contribution < 1.29 is 27.5 Å². The number of nitrogens with zero attached hydrogens (tertiary/aromatic N) is 1. The highest BCUT2D eigenvalue weighted by molar-refractivity contribution is 9.10. The number of hydrogen-bond donors (Lipinski definition) is 0. The second-order valence-corrected chi connectivity index (χ2v) is 5.41. The maximum absolute atomic E-state index is 12.1. The van der Waals surface area contributed by atoms with Crippen LogP contribution in [-0.2, 0) is 9.63 Å². The van der Waals surface area contributed by atoms with Gasteiger partial charge in [0.05, 0.1) is 4.47 Å². The van der Waals surface area contributed by atoms with Gasteiger partial charge in [-0.25, -0.2) is 4.79 Å². The van der Waals surface area contributed by atoms with Gasteiger partial charge in [-0.05, 0) is 28.1 Å². The first-order valence-electron chi connectivity index (χ1n) is 6.31. The Hall–Kier alpha value is -1.28. The van der Waals surface area contributed by atoms with Crippen LogP contribution in [0.25, 0.3) is 0 Å². The number of carbonyl (C=O) groups is 1. The Morgan fingerprint density at radius 3 is 2.43 bits per heavy atom. The molecule has 0 saturated carbocycles. The fourth-order valence-corrected chi connectivity index (χ4v) is 2.31. The minimum atomic E-state index is -4.97. The van der Waals surface area contributed by atoms with Crippen molar-refractivity contribution >= 4 is 21.9 Å². The topological polar surface area (TPSA) is 38.8 Å². The van der Waals surface area contributed by atoms with Gasteiger partial charge in [-0.15, -0.1) is 5.06 Å². The van der Waals surface area contributed by atoms with E-state index in [1.54, 1.807) is 6.07 Å². The fraction of sp³-hybridized carbons (Fsp3) is 0.462. The number of hydroxylamine groups is 2. The molecule has 0 aliphatic carbocycles. The second kappa shape index (κ2) is 6.65. The van der Waals surface area contributed by atoms with Crippen molar-refractivity contribution in [2.75, 3.05) is 13.1 Å². The molecule has 1 aromatic carbocycles. The predicted octanol–water partition coefficient (Wildman–Crippen LogP) is 3.31. The molecule has 0 unspecified atom stereocenters. The highest BCUT2D eigenvalue weighted by Crippen LogP contribution is 2.27.